The first-order valence-corrected chi connectivity index (χ1v) is 7.85. The van der Waals surface area contributed by atoms with Crippen LogP contribution in [0.1, 0.15) is 51.2 Å². The van der Waals surface area contributed by atoms with Crippen molar-refractivity contribution in [1.82, 2.24) is 5.32 Å². The summed E-state index contributed by atoms with van der Waals surface area (Å²) in [6.45, 7) is 10.3. The largest absolute Gasteiger partial charge is 0.310 e. The summed E-state index contributed by atoms with van der Waals surface area (Å²) in [6, 6.07) is 9.61. The van der Waals surface area contributed by atoms with Crippen LogP contribution < -0.4 is 5.32 Å². The Morgan fingerprint density at radius 2 is 1.84 bits per heavy atom. The first-order valence-electron chi connectivity index (χ1n) is 7.85. The summed E-state index contributed by atoms with van der Waals surface area (Å²) >= 11 is 0. The molecule has 0 saturated heterocycles. The lowest BCUT2D eigenvalue weighted by atomic mass is 9.74. The molecule has 1 aliphatic carbocycles. The van der Waals surface area contributed by atoms with Crippen LogP contribution in [0.3, 0.4) is 0 Å². The average Bonchev–Trinajstić information content (AvgIpc) is 2.38. The second-order valence-electron chi connectivity index (χ2n) is 6.80. The van der Waals surface area contributed by atoms with Crippen LogP contribution in [-0.2, 0) is 6.54 Å². The van der Waals surface area contributed by atoms with Crippen molar-refractivity contribution < 1.29 is 0 Å². The molecule has 0 radical (unpaired) electrons. The molecule has 1 aliphatic rings. The molecule has 1 N–H and O–H groups in total. The van der Waals surface area contributed by atoms with Gasteiger partial charge in [-0.05, 0) is 43.1 Å². The van der Waals surface area contributed by atoms with Crippen LogP contribution in [0.15, 0.2) is 24.3 Å². The third-order valence-corrected chi connectivity index (χ3v) is 4.71. The van der Waals surface area contributed by atoms with Gasteiger partial charge in [0.1, 0.15) is 0 Å². The Kier molecular flexibility index (Phi) is 5.04. The average molecular weight is 259 g/mol. The molecule has 1 nitrogen and oxygen atoms in total. The van der Waals surface area contributed by atoms with Gasteiger partial charge in [0, 0.05) is 12.6 Å². The Balaban J connectivity index is 1.93. The molecule has 0 spiro atoms. The van der Waals surface area contributed by atoms with E-state index in [9.17, 15) is 0 Å². The van der Waals surface area contributed by atoms with Gasteiger partial charge in [-0.25, -0.2) is 0 Å². The normalized spacial score (nSPS) is 27.7. The minimum absolute atomic E-state index is 0.699. The number of rotatable bonds is 4. The van der Waals surface area contributed by atoms with E-state index < -0.39 is 0 Å². The molecule has 1 aromatic rings. The van der Waals surface area contributed by atoms with Crippen molar-refractivity contribution >= 4 is 0 Å². The zero-order valence-corrected chi connectivity index (χ0v) is 12.9. The van der Waals surface area contributed by atoms with Gasteiger partial charge < -0.3 is 5.32 Å². The first-order chi connectivity index (χ1) is 9.06. The molecule has 3 unspecified atom stereocenters. The molecule has 1 heteroatoms. The highest BCUT2D eigenvalue weighted by Crippen LogP contribution is 2.33. The summed E-state index contributed by atoms with van der Waals surface area (Å²) in [5.74, 6) is 2.52. The van der Waals surface area contributed by atoms with Gasteiger partial charge in [-0.1, -0.05) is 57.0 Å². The molecule has 0 aromatic heterocycles. The van der Waals surface area contributed by atoms with E-state index in [1.54, 1.807) is 0 Å². The fourth-order valence-electron chi connectivity index (χ4n) is 3.39. The SMILES string of the molecule is Cc1ccc(CNC2CC(C)CCC2C(C)C)cc1. The van der Waals surface area contributed by atoms with Crippen molar-refractivity contribution in [1.29, 1.82) is 0 Å². The fourth-order valence-corrected chi connectivity index (χ4v) is 3.39. The van der Waals surface area contributed by atoms with Crippen LogP contribution in [0.4, 0.5) is 0 Å². The van der Waals surface area contributed by atoms with E-state index in [1.165, 1.54) is 30.4 Å². The van der Waals surface area contributed by atoms with E-state index in [0.29, 0.717) is 6.04 Å². The Labute approximate surface area is 118 Å². The molecular weight excluding hydrogens is 230 g/mol. The molecule has 19 heavy (non-hydrogen) atoms. The fraction of sp³-hybridized carbons (Fsp3) is 0.667. The lowest BCUT2D eigenvalue weighted by molar-refractivity contribution is 0.169. The predicted octanol–water partition coefficient (Wildman–Crippen LogP) is 4.55. The van der Waals surface area contributed by atoms with Crippen LogP contribution in [0, 0.1) is 24.7 Å². The Bertz CT molecular complexity index is 379. The predicted molar refractivity (Wildman–Crippen MR) is 83.1 cm³/mol. The second-order valence-corrected chi connectivity index (χ2v) is 6.80. The quantitative estimate of drug-likeness (QED) is 0.836. The van der Waals surface area contributed by atoms with Gasteiger partial charge in [0.05, 0.1) is 0 Å². The Hall–Kier alpha value is -0.820. The molecular formula is C18H29N. The standard InChI is InChI=1S/C18H29N/c1-13(2)17-10-7-15(4)11-18(17)19-12-16-8-5-14(3)6-9-16/h5-6,8-9,13,15,17-19H,7,10-12H2,1-4H3. The van der Waals surface area contributed by atoms with Crippen LogP contribution in [0.5, 0.6) is 0 Å². The minimum atomic E-state index is 0.699. The second kappa shape index (κ2) is 6.56. The van der Waals surface area contributed by atoms with Gasteiger partial charge in [0.15, 0.2) is 0 Å². The molecule has 0 aliphatic heterocycles. The highest BCUT2D eigenvalue weighted by molar-refractivity contribution is 5.21. The third kappa shape index (κ3) is 4.07. The molecule has 0 amide bonds. The van der Waals surface area contributed by atoms with Gasteiger partial charge in [-0.2, -0.15) is 0 Å². The summed E-state index contributed by atoms with van der Waals surface area (Å²) in [4.78, 5) is 0. The lowest BCUT2D eigenvalue weighted by Gasteiger charge is -2.38. The third-order valence-electron chi connectivity index (χ3n) is 4.71. The number of benzene rings is 1. The summed E-state index contributed by atoms with van der Waals surface area (Å²) in [6.07, 6.45) is 4.14. The van der Waals surface area contributed by atoms with E-state index in [1.807, 2.05) is 0 Å². The lowest BCUT2D eigenvalue weighted by Crippen LogP contribution is -2.42. The van der Waals surface area contributed by atoms with E-state index in [4.69, 9.17) is 0 Å². The van der Waals surface area contributed by atoms with Crippen LogP contribution in [0.2, 0.25) is 0 Å². The maximum absolute atomic E-state index is 3.82. The maximum Gasteiger partial charge on any atom is 0.0208 e. The van der Waals surface area contributed by atoms with Gasteiger partial charge in [0.25, 0.3) is 0 Å². The molecule has 3 atom stereocenters. The van der Waals surface area contributed by atoms with Crippen molar-refractivity contribution in [2.24, 2.45) is 17.8 Å². The van der Waals surface area contributed by atoms with Crippen LogP contribution >= 0.6 is 0 Å². The highest BCUT2D eigenvalue weighted by Gasteiger charge is 2.30. The minimum Gasteiger partial charge on any atom is -0.310 e. The van der Waals surface area contributed by atoms with E-state index in [-0.39, 0.29) is 0 Å². The molecule has 1 saturated carbocycles. The van der Waals surface area contributed by atoms with E-state index in [2.05, 4.69) is 57.3 Å². The number of hydrogen-bond acceptors (Lipinski definition) is 1. The molecule has 1 fully saturated rings. The van der Waals surface area contributed by atoms with E-state index >= 15 is 0 Å². The summed E-state index contributed by atoms with van der Waals surface area (Å²) in [5.41, 5.74) is 2.75. The monoisotopic (exact) mass is 259 g/mol. The van der Waals surface area contributed by atoms with Crippen molar-refractivity contribution in [2.75, 3.05) is 0 Å². The number of hydrogen-bond donors (Lipinski definition) is 1. The van der Waals surface area contributed by atoms with Crippen molar-refractivity contribution in [2.45, 2.75) is 59.5 Å². The van der Waals surface area contributed by atoms with Crippen molar-refractivity contribution in [3.05, 3.63) is 35.4 Å². The highest BCUT2D eigenvalue weighted by atomic mass is 14.9. The Morgan fingerprint density at radius 3 is 2.47 bits per heavy atom. The summed E-state index contributed by atoms with van der Waals surface area (Å²) in [7, 11) is 0. The van der Waals surface area contributed by atoms with Crippen molar-refractivity contribution in [3.8, 4) is 0 Å². The van der Waals surface area contributed by atoms with Gasteiger partial charge in [-0.3, -0.25) is 0 Å². The van der Waals surface area contributed by atoms with Gasteiger partial charge in [-0.15, -0.1) is 0 Å². The zero-order chi connectivity index (χ0) is 13.8. The number of nitrogens with one attached hydrogen (secondary N) is 1. The molecule has 2 rings (SSSR count). The topological polar surface area (TPSA) is 12.0 Å². The molecule has 0 heterocycles. The summed E-state index contributed by atoms with van der Waals surface area (Å²) in [5, 5.41) is 3.82. The molecule has 0 bridgehead atoms. The molecule has 1 aromatic carbocycles. The van der Waals surface area contributed by atoms with Crippen molar-refractivity contribution in [3.63, 3.8) is 0 Å². The first kappa shape index (κ1) is 14.6. The van der Waals surface area contributed by atoms with Gasteiger partial charge in [0.2, 0.25) is 0 Å². The van der Waals surface area contributed by atoms with E-state index in [0.717, 1.165) is 24.3 Å². The smallest absolute Gasteiger partial charge is 0.0208 e. The van der Waals surface area contributed by atoms with Crippen LogP contribution in [0.25, 0.3) is 0 Å². The summed E-state index contributed by atoms with van der Waals surface area (Å²) < 4.78 is 0. The van der Waals surface area contributed by atoms with Gasteiger partial charge >= 0.3 is 0 Å². The Morgan fingerprint density at radius 1 is 1.16 bits per heavy atom. The number of aryl methyl sites for hydroxylation is 1. The molecule has 106 valence electrons. The zero-order valence-electron chi connectivity index (χ0n) is 12.9. The maximum atomic E-state index is 3.82. The van der Waals surface area contributed by atoms with Crippen LogP contribution in [-0.4, -0.2) is 6.04 Å².